The molecule has 0 bridgehead atoms. The Labute approximate surface area is 242 Å². The van der Waals surface area contributed by atoms with Crippen LogP contribution in [0.3, 0.4) is 0 Å². The third-order valence-electron chi connectivity index (χ3n) is 7.01. The first-order chi connectivity index (χ1) is 18.8. The average Bonchev–Trinajstić information content (AvgIpc) is 2.92. The van der Waals surface area contributed by atoms with Crippen LogP contribution in [0.5, 0.6) is 5.75 Å². The Bertz CT molecular complexity index is 1460. The molecule has 0 saturated heterocycles. The first kappa shape index (κ1) is 27.3. The summed E-state index contributed by atoms with van der Waals surface area (Å²) >= 11 is 19.1. The van der Waals surface area contributed by atoms with E-state index < -0.39 is 11.9 Å². The topological polar surface area (TPSA) is 64.6 Å². The van der Waals surface area contributed by atoms with Gasteiger partial charge in [0.2, 0.25) is 0 Å². The standard InChI is InChI=1S/C31H26Cl3NO4/c1-18-27(31(37)39-15-14-38-22-6-3-2-4-7-22)28(23-8-5-9-24(33)30(23)34)29-25(35-18)16-20(17-26(29)36)19-10-12-21(32)13-11-19/h2-13,20,28,35H,14-17H2,1H3/t20-,28+/m1/s1. The molecule has 5 nitrogen and oxygen atoms in total. The molecule has 1 aliphatic carbocycles. The van der Waals surface area contributed by atoms with Crippen LogP contribution in [0.4, 0.5) is 0 Å². The molecule has 0 spiro atoms. The highest BCUT2D eigenvalue weighted by molar-refractivity contribution is 6.42. The molecule has 0 aromatic heterocycles. The van der Waals surface area contributed by atoms with Crippen LogP contribution in [0, 0.1) is 0 Å². The van der Waals surface area contributed by atoms with Crippen molar-refractivity contribution in [3.63, 3.8) is 0 Å². The van der Waals surface area contributed by atoms with E-state index in [0.29, 0.717) is 56.1 Å². The molecule has 3 aromatic carbocycles. The molecule has 0 radical (unpaired) electrons. The highest BCUT2D eigenvalue weighted by Gasteiger charge is 2.42. The average molecular weight is 583 g/mol. The Balaban J connectivity index is 1.45. The molecule has 5 rings (SSSR count). The number of hydrogen-bond acceptors (Lipinski definition) is 5. The molecule has 1 N–H and O–H groups in total. The number of carbonyl (C=O) groups is 2. The van der Waals surface area contributed by atoms with Crippen molar-refractivity contribution in [2.24, 2.45) is 0 Å². The molecule has 2 atom stereocenters. The zero-order valence-corrected chi connectivity index (χ0v) is 23.4. The van der Waals surface area contributed by atoms with E-state index in [0.717, 1.165) is 11.3 Å². The van der Waals surface area contributed by atoms with Crippen LogP contribution in [-0.2, 0) is 14.3 Å². The minimum atomic E-state index is -0.714. The van der Waals surface area contributed by atoms with E-state index in [4.69, 9.17) is 44.3 Å². The lowest BCUT2D eigenvalue weighted by molar-refractivity contribution is -0.140. The van der Waals surface area contributed by atoms with E-state index in [9.17, 15) is 9.59 Å². The van der Waals surface area contributed by atoms with Gasteiger partial charge in [0.05, 0.1) is 15.6 Å². The number of rotatable bonds is 7. The molecule has 0 saturated carbocycles. The number of ether oxygens (including phenoxy) is 2. The quantitative estimate of drug-likeness (QED) is 0.229. The summed E-state index contributed by atoms with van der Waals surface area (Å²) in [5.41, 5.74) is 3.84. The third-order valence-corrected chi connectivity index (χ3v) is 8.10. The highest BCUT2D eigenvalue weighted by atomic mass is 35.5. The van der Waals surface area contributed by atoms with Gasteiger partial charge in [0, 0.05) is 34.3 Å². The van der Waals surface area contributed by atoms with Crippen LogP contribution in [0.25, 0.3) is 0 Å². The van der Waals surface area contributed by atoms with Crippen LogP contribution in [0.15, 0.2) is 95.3 Å². The van der Waals surface area contributed by atoms with Gasteiger partial charge in [0.25, 0.3) is 0 Å². The predicted octanol–water partition coefficient (Wildman–Crippen LogP) is 7.63. The molecular formula is C31H26Cl3NO4. The predicted molar refractivity (Wildman–Crippen MR) is 153 cm³/mol. The summed E-state index contributed by atoms with van der Waals surface area (Å²) in [5.74, 6) is -0.655. The Hall–Kier alpha value is -3.25. The zero-order valence-electron chi connectivity index (χ0n) is 21.2. The van der Waals surface area contributed by atoms with Gasteiger partial charge in [0.15, 0.2) is 5.78 Å². The number of allylic oxidation sites excluding steroid dienone is 3. The maximum atomic E-state index is 13.8. The zero-order chi connectivity index (χ0) is 27.5. The molecule has 3 aromatic rings. The molecule has 0 unspecified atom stereocenters. The molecule has 1 heterocycles. The van der Waals surface area contributed by atoms with Crippen molar-refractivity contribution in [1.82, 2.24) is 5.32 Å². The second kappa shape index (κ2) is 11.9. The fraction of sp³-hybridized carbons (Fsp3) is 0.226. The van der Waals surface area contributed by atoms with Crippen LogP contribution in [0.2, 0.25) is 15.1 Å². The number of dihydropyridines is 1. The number of benzene rings is 3. The number of ketones is 1. The first-order valence-corrected chi connectivity index (χ1v) is 13.7. The second-order valence-electron chi connectivity index (χ2n) is 9.51. The van der Waals surface area contributed by atoms with Crippen LogP contribution in [0.1, 0.15) is 42.7 Å². The third kappa shape index (κ3) is 5.86. The molecule has 2 aliphatic rings. The van der Waals surface area contributed by atoms with E-state index >= 15 is 0 Å². The van der Waals surface area contributed by atoms with Crippen molar-refractivity contribution in [2.45, 2.75) is 31.6 Å². The van der Waals surface area contributed by atoms with E-state index in [2.05, 4.69) is 5.32 Å². The Kier molecular flexibility index (Phi) is 8.31. The minimum absolute atomic E-state index is 0.0204. The van der Waals surface area contributed by atoms with Crippen molar-refractivity contribution in [1.29, 1.82) is 0 Å². The Morgan fingerprint density at radius 2 is 1.67 bits per heavy atom. The van der Waals surface area contributed by atoms with Crippen molar-refractivity contribution in [3.8, 4) is 5.75 Å². The van der Waals surface area contributed by atoms with Gasteiger partial charge in [-0.3, -0.25) is 4.79 Å². The number of para-hydroxylation sites is 1. The summed E-state index contributed by atoms with van der Waals surface area (Å²) in [6.07, 6.45) is 0.894. The van der Waals surface area contributed by atoms with Gasteiger partial charge in [0.1, 0.15) is 19.0 Å². The van der Waals surface area contributed by atoms with Crippen molar-refractivity contribution in [2.75, 3.05) is 13.2 Å². The number of esters is 1. The largest absolute Gasteiger partial charge is 0.490 e. The number of carbonyl (C=O) groups excluding carboxylic acids is 2. The van der Waals surface area contributed by atoms with E-state index in [1.54, 1.807) is 18.2 Å². The lowest BCUT2D eigenvalue weighted by Crippen LogP contribution is -2.36. The van der Waals surface area contributed by atoms with Gasteiger partial charge in [-0.2, -0.15) is 0 Å². The molecule has 1 aliphatic heterocycles. The summed E-state index contributed by atoms with van der Waals surface area (Å²) in [5, 5.41) is 4.64. The van der Waals surface area contributed by atoms with Gasteiger partial charge in [-0.15, -0.1) is 0 Å². The molecule has 0 amide bonds. The Morgan fingerprint density at radius 1 is 0.923 bits per heavy atom. The van der Waals surface area contributed by atoms with Crippen LogP contribution >= 0.6 is 34.8 Å². The lowest BCUT2D eigenvalue weighted by atomic mass is 9.71. The fourth-order valence-corrected chi connectivity index (χ4v) is 5.77. The monoisotopic (exact) mass is 581 g/mol. The maximum Gasteiger partial charge on any atom is 0.336 e. The number of halogens is 3. The summed E-state index contributed by atoms with van der Waals surface area (Å²) < 4.78 is 11.3. The summed E-state index contributed by atoms with van der Waals surface area (Å²) in [6, 6.07) is 22.1. The van der Waals surface area contributed by atoms with Gasteiger partial charge >= 0.3 is 5.97 Å². The van der Waals surface area contributed by atoms with Gasteiger partial charge in [-0.05, 0) is 60.7 Å². The molecule has 39 heavy (non-hydrogen) atoms. The lowest BCUT2D eigenvalue weighted by Gasteiger charge is -2.37. The van der Waals surface area contributed by atoms with Gasteiger partial charge in [-0.25, -0.2) is 4.79 Å². The number of hydrogen-bond donors (Lipinski definition) is 1. The molecule has 200 valence electrons. The SMILES string of the molecule is CC1=C(C(=O)OCCOc2ccccc2)[C@H](c2cccc(Cl)c2Cl)C2=C(C[C@@H](c3ccc(Cl)cc3)CC2=O)N1. The number of Topliss-reactive ketones (excluding diaryl/α,β-unsaturated/α-hetero) is 1. The van der Waals surface area contributed by atoms with E-state index in [1.165, 1.54) is 0 Å². The normalized spacial score (nSPS) is 18.9. The van der Waals surface area contributed by atoms with Crippen molar-refractivity contribution >= 4 is 46.6 Å². The van der Waals surface area contributed by atoms with E-state index in [-0.39, 0.29) is 24.9 Å². The fourth-order valence-electron chi connectivity index (χ4n) is 5.22. The first-order valence-electron chi connectivity index (χ1n) is 12.6. The Morgan fingerprint density at radius 3 is 2.41 bits per heavy atom. The number of nitrogens with one attached hydrogen (secondary N) is 1. The van der Waals surface area contributed by atoms with Gasteiger partial charge < -0.3 is 14.8 Å². The summed E-state index contributed by atoms with van der Waals surface area (Å²) in [6.45, 7) is 2.04. The molecule has 8 heteroatoms. The molecular weight excluding hydrogens is 557 g/mol. The smallest absolute Gasteiger partial charge is 0.336 e. The van der Waals surface area contributed by atoms with Crippen molar-refractivity contribution in [3.05, 3.63) is 122 Å². The summed E-state index contributed by atoms with van der Waals surface area (Å²) in [4.78, 5) is 27.3. The minimum Gasteiger partial charge on any atom is -0.490 e. The van der Waals surface area contributed by atoms with Crippen LogP contribution < -0.4 is 10.1 Å². The molecule has 0 fully saturated rings. The second-order valence-corrected chi connectivity index (χ2v) is 10.7. The van der Waals surface area contributed by atoms with Crippen molar-refractivity contribution < 1.29 is 19.1 Å². The maximum absolute atomic E-state index is 13.8. The highest BCUT2D eigenvalue weighted by Crippen LogP contribution is 2.48. The van der Waals surface area contributed by atoms with Crippen LogP contribution in [-0.4, -0.2) is 25.0 Å². The summed E-state index contributed by atoms with van der Waals surface area (Å²) in [7, 11) is 0. The van der Waals surface area contributed by atoms with Gasteiger partial charge in [-0.1, -0.05) is 77.3 Å². The van der Waals surface area contributed by atoms with E-state index in [1.807, 2.05) is 61.5 Å².